The minimum Gasteiger partial charge on any atom is -0.486 e. The molecule has 2 heterocycles. The summed E-state index contributed by atoms with van der Waals surface area (Å²) in [6.45, 7) is 3.95. The molecule has 1 aliphatic heterocycles. The van der Waals surface area contributed by atoms with Crippen LogP contribution in [0.25, 0.3) is 11.1 Å². The van der Waals surface area contributed by atoms with Crippen molar-refractivity contribution in [2.75, 3.05) is 6.54 Å². The maximum atomic E-state index is 10.6. The Hall–Kier alpha value is -2.21. The molecule has 3 rings (SSSR count). The predicted molar refractivity (Wildman–Crippen MR) is 80.6 cm³/mol. The lowest BCUT2D eigenvalue weighted by atomic mass is 10.00. The van der Waals surface area contributed by atoms with Crippen molar-refractivity contribution >= 4 is 17.7 Å². The lowest BCUT2D eigenvalue weighted by Gasteiger charge is -2.10. The van der Waals surface area contributed by atoms with Crippen LogP contribution in [0.4, 0.5) is 4.79 Å². The largest absolute Gasteiger partial charge is 0.486 e. The van der Waals surface area contributed by atoms with Gasteiger partial charge in [-0.05, 0) is 31.5 Å². The lowest BCUT2D eigenvalue weighted by molar-refractivity contribution is 0.181. The number of hydrogen-bond acceptors (Lipinski definition) is 4. The molecule has 1 aromatic carbocycles. The van der Waals surface area contributed by atoms with Gasteiger partial charge in [0.15, 0.2) is 0 Å². The second-order valence-corrected chi connectivity index (χ2v) is 5.68. The Morgan fingerprint density at radius 3 is 2.91 bits per heavy atom. The van der Waals surface area contributed by atoms with Crippen molar-refractivity contribution in [1.82, 2.24) is 10.5 Å². The van der Waals surface area contributed by atoms with E-state index in [0.29, 0.717) is 17.2 Å². The summed E-state index contributed by atoms with van der Waals surface area (Å²) in [4.78, 5) is 10.6. The van der Waals surface area contributed by atoms with E-state index in [9.17, 15) is 4.79 Å². The van der Waals surface area contributed by atoms with Crippen LogP contribution in [0, 0.1) is 13.8 Å². The third-order valence-corrected chi connectivity index (χ3v) is 3.94. The molecule has 0 saturated carbocycles. The molecule has 7 heteroatoms. The first-order valence-corrected chi connectivity index (χ1v) is 7.22. The van der Waals surface area contributed by atoms with Gasteiger partial charge in [0, 0.05) is 17.5 Å². The second kappa shape index (κ2) is 5.53. The average Bonchev–Trinajstić information content (AvgIpc) is 3.00. The van der Waals surface area contributed by atoms with E-state index in [0.717, 1.165) is 28.1 Å². The van der Waals surface area contributed by atoms with Crippen molar-refractivity contribution < 1.29 is 19.2 Å². The fourth-order valence-corrected chi connectivity index (χ4v) is 3.03. The highest BCUT2D eigenvalue weighted by atomic mass is 35.5. The van der Waals surface area contributed by atoms with E-state index >= 15 is 0 Å². The number of fused-ring (bicyclic) bond motifs is 1. The summed E-state index contributed by atoms with van der Waals surface area (Å²) in [5.41, 5.74) is 3.61. The van der Waals surface area contributed by atoms with Crippen LogP contribution >= 0.6 is 11.6 Å². The van der Waals surface area contributed by atoms with Crippen LogP contribution in [0.5, 0.6) is 5.75 Å². The molecule has 0 spiro atoms. The van der Waals surface area contributed by atoms with E-state index < -0.39 is 6.09 Å². The molecular formula is C15H15ClN2O4. The first-order valence-electron chi connectivity index (χ1n) is 6.85. The summed E-state index contributed by atoms with van der Waals surface area (Å²) in [5, 5.41) is 15.5. The smallest absolute Gasteiger partial charge is 0.404 e. The van der Waals surface area contributed by atoms with Crippen molar-refractivity contribution in [3.63, 3.8) is 0 Å². The summed E-state index contributed by atoms with van der Waals surface area (Å²) in [5.74, 6) is 1.35. The Bertz CT molecular complexity index is 722. The van der Waals surface area contributed by atoms with Gasteiger partial charge in [0.25, 0.3) is 0 Å². The highest BCUT2D eigenvalue weighted by Crippen LogP contribution is 2.40. The second-order valence-electron chi connectivity index (χ2n) is 5.28. The van der Waals surface area contributed by atoms with Crippen LogP contribution in [0.1, 0.15) is 17.0 Å². The number of nitrogens with zero attached hydrogens (tertiary/aromatic N) is 1. The van der Waals surface area contributed by atoms with Crippen molar-refractivity contribution in [2.45, 2.75) is 26.4 Å². The monoisotopic (exact) mass is 322 g/mol. The Kier molecular flexibility index (Phi) is 3.70. The number of nitrogens with one attached hydrogen (secondary N) is 1. The van der Waals surface area contributed by atoms with Gasteiger partial charge >= 0.3 is 6.09 Å². The number of aromatic nitrogens is 1. The van der Waals surface area contributed by atoms with E-state index in [4.69, 9.17) is 26.0 Å². The van der Waals surface area contributed by atoms with Crippen LogP contribution in [0.15, 0.2) is 16.7 Å². The van der Waals surface area contributed by atoms with Crippen molar-refractivity contribution in [1.29, 1.82) is 0 Å². The molecule has 0 saturated heterocycles. The molecule has 1 unspecified atom stereocenters. The molecule has 6 nitrogen and oxygen atoms in total. The first-order chi connectivity index (χ1) is 10.5. The van der Waals surface area contributed by atoms with Gasteiger partial charge in [-0.2, -0.15) is 0 Å². The normalized spacial score (nSPS) is 16.2. The number of aryl methyl sites for hydroxylation is 2. The fraction of sp³-hybridized carbons (Fsp3) is 0.333. The third kappa shape index (κ3) is 2.62. The van der Waals surface area contributed by atoms with Crippen molar-refractivity contribution in [3.8, 4) is 16.9 Å². The SMILES string of the molecule is Cc1noc(C)c1-c1cc(Cl)c2c(c1)CC(CNC(=O)O)O2. The summed E-state index contributed by atoms with van der Waals surface area (Å²) >= 11 is 6.31. The molecule has 1 aromatic heterocycles. The molecule has 1 atom stereocenters. The molecule has 0 aliphatic carbocycles. The topological polar surface area (TPSA) is 84.6 Å². The van der Waals surface area contributed by atoms with Crippen LogP contribution < -0.4 is 10.1 Å². The van der Waals surface area contributed by atoms with Gasteiger partial charge in [0.05, 0.1) is 17.3 Å². The Balaban J connectivity index is 1.90. The molecular weight excluding hydrogens is 308 g/mol. The molecule has 1 aliphatic rings. The minimum absolute atomic E-state index is 0.223. The zero-order valence-corrected chi connectivity index (χ0v) is 12.9. The molecule has 2 aromatic rings. The average molecular weight is 323 g/mol. The number of carboxylic acid groups (broad SMARTS) is 1. The zero-order chi connectivity index (χ0) is 15.9. The summed E-state index contributed by atoms with van der Waals surface area (Å²) < 4.78 is 10.9. The maximum Gasteiger partial charge on any atom is 0.404 e. The van der Waals surface area contributed by atoms with E-state index in [1.165, 1.54) is 0 Å². The number of benzene rings is 1. The molecule has 0 bridgehead atoms. The molecule has 0 fully saturated rings. The van der Waals surface area contributed by atoms with Crippen molar-refractivity contribution in [3.05, 3.63) is 34.2 Å². The standard InChI is InChI=1S/C15H15ClN2O4/c1-7-13(8(2)22-18-7)9-3-10-4-11(6-17-15(19)20)21-14(10)12(16)5-9/h3,5,11,17H,4,6H2,1-2H3,(H,19,20). The van der Waals surface area contributed by atoms with E-state index in [-0.39, 0.29) is 12.6 Å². The van der Waals surface area contributed by atoms with Crippen LogP contribution in [0.2, 0.25) is 5.02 Å². The number of rotatable bonds is 3. The number of halogens is 1. The predicted octanol–water partition coefficient (Wildman–Crippen LogP) is 3.18. The zero-order valence-electron chi connectivity index (χ0n) is 12.1. The summed E-state index contributed by atoms with van der Waals surface area (Å²) in [7, 11) is 0. The summed E-state index contributed by atoms with van der Waals surface area (Å²) in [6.07, 6.45) is -0.711. The number of amides is 1. The van der Waals surface area contributed by atoms with Gasteiger partial charge in [-0.25, -0.2) is 4.79 Å². The van der Waals surface area contributed by atoms with Crippen molar-refractivity contribution in [2.24, 2.45) is 0 Å². The molecule has 22 heavy (non-hydrogen) atoms. The van der Waals surface area contributed by atoms with Gasteiger partial charge in [0.1, 0.15) is 17.6 Å². The quantitative estimate of drug-likeness (QED) is 0.906. The van der Waals surface area contributed by atoms with Gasteiger partial charge in [-0.1, -0.05) is 16.8 Å². The van der Waals surface area contributed by atoms with E-state index in [1.54, 1.807) is 0 Å². The van der Waals surface area contributed by atoms with Gasteiger partial charge in [-0.15, -0.1) is 0 Å². The van der Waals surface area contributed by atoms with Crippen LogP contribution in [-0.2, 0) is 6.42 Å². The highest BCUT2D eigenvalue weighted by Gasteiger charge is 2.27. The van der Waals surface area contributed by atoms with Gasteiger partial charge in [0.2, 0.25) is 0 Å². The molecule has 2 N–H and O–H groups in total. The number of ether oxygens (including phenoxy) is 1. The Morgan fingerprint density at radius 1 is 1.50 bits per heavy atom. The Morgan fingerprint density at radius 2 is 2.27 bits per heavy atom. The fourth-order valence-electron chi connectivity index (χ4n) is 2.74. The van der Waals surface area contributed by atoms with Crippen LogP contribution in [-0.4, -0.2) is 29.0 Å². The van der Waals surface area contributed by atoms with Crippen LogP contribution in [0.3, 0.4) is 0 Å². The number of carbonyl (C=O) groups is 1. The van der Waals surface area contributed by atoms with Gasteiger partial charge < -0.3 is 19.7 Å². The summed E-state index contributed by atoms with van der Waals surface area (Å²) in [6, 6.07) is 3.81. The van der Waals surface area contributed by atoms with E-state index in [2.05, 4.69) is 10.5 Å². The Labute approximate surface area is 132 Å². The molecule has 0 radical (unpaired) electrons. The molecule has 116 valence electrons. The molecule has 1 amide bonds. The minimum atomic E-state index is -1.07. The number of hydrogen-bond donors (Lipinski definition) is 2. The van der Waals surface area contributed by atoms with Gasteiger partial charge in [-0.3, -0.25) is 0 Å². The highest BCUT2D eigenvalue weighted by molar-refractivity contribution is 6.32. The van der Waals surface area contributed by atoms with E-state index in [1.807, 2.05) is 26.0 Å². The lowest BCUT2D eigenvalue weighted by Crippen LogP contribution is -2.33. The third-order valence-electron chi connectivity index (χ3n) is 3.66. The first kappa shape index (κ1) is 14.7. The maximum absolute atomic E-state index is 10.6.